The average Bonchev–Trinajstić information content (AvgIpc) is 2.29. The molecule has 1 aromatic carbocycles. The number of benzene rings is 1. The highest BCUT2D eigenvalue weighted by molar-refractivity contribution is 5.62. The van der Waals surface area contributed by atoms with E-state index in [1.54, 1.807) is 6.08 Å². The van der Waals surface area contributed by atoms with Crippen LogP contribution in [0.5, 0.6) is 0 Å². The molecule has 0 fully saturated rings. The molecule has 1 aromatic rings. The van der Waals surface area contributed by atoms with E-state index in [4.69, 9.17) is 0 Å². The molecule has 0 unspecified atom stereocenters. The molecular formula is C13H16N2O2. The van der Waals surface area contributed by atoms with Crippen LogP contribution in [0.3, 0.4) is 0 Å². The van der Waals surface area contributed by atoms with Crippen molar-refractivity contribution in [2.75, 3.05) is 18.5 Å². The molecule has 0 atom stereocenters. The number of hydrogen-bond acceptors (Lipinski definition) is 3. The molecule has 0 aliphatic carbocycles. The van der Waals surface area contributed by atoms with E-state index in [2.05, 4.69) is 18.0 Å². The molecule has 0 radical (unpaired) electrons. The number of rotatable bonds is 2. The fraction of sp³-hybridized carbons (Fsp3) is 0.385. The fourth-order valence-corrected chi connectivity index (χ4v) is 2.19. The topological polar surface area (TPSA) is 46.4 Å². The number of aryl methyl sites for hydroxylation is 1. The molecule has 0 N–H and O–H groups in total. The third kappa shape index (κ3) is 2.46. The van der Waals surface area contributed by atoms with Crippen molar-refractivity contribution in [1.82, 2.24) is 0 Å². The molecular weight excluding hydrogens is 216 g/mol. The zero-order valence-corrected chi connectivity index (χ0v) is 10.1. The minimum absolute atomic E-state index is 0.175. The quantitative estimate of drug-likeness (QED) is 0.581. The van der Waals surface area contributed by atoms with E-state index in [1.807, 2.05) is 12.1 Å². The number of fused-ring (bicyclic) bond motifs is 1. The van der Waals surface area contributed by atoms with Gasteiger partial charge in [0.15, 0.2) is 0 Å². The van der Waals surface area contributed by atoms with Gasteiger partial charge in [0.1, 0.15) is 0 Å². The van der Waals surface area contributed by atoms with Crippen molar-refractivity contribution in [3.8, 4) is 0 Å². The second-order valence-electron chi connectivity index (χ2n) is 4.46. The SMILES string of the molecule is CC(=Cc1ccc2c(c1)CCCN2C)[N+](=O)[O-]. The number of anilines is 1. The van der Waals surface area contributed by atoms with Gasteiger partial charge >= 0.3 is 0 Å². The summed E-state index contributed by atoms with van der Waals surface area (Å²) in [4.78, 5) is 12.4. The van der Waals surface area contributed by atoms with Crippen LogP contribution in [0.15, 0.2) is 23.9 Å². The third-order valence-electron chi connectivity index (χ3n) is 3.12. The molecule has 0 spiro atoms. The average molecular weight is 232 g/mol. The van der Waals surface area contributed by atoms with Crippen molar-refractivity contribution in [2.45, 2.75) is 19.8 Å². The van der Waals surface area contributed by atoms with Crippen LogP contribution in [0.2, 0.25) is 0 Å². The van der Waals surface area contributed by atoms with Crippen LogP contribution >= 0.6 is 0 Å². The second-order valence-corrected chi connectivity index (χ2v) is 4.46. The van der Waals surface area contributed by atoms with Gasteiger partial charge < -0.3 is 4.90 Å². The highest BCUT2D eigenvalue weighted by Gasteiger charge is 2.13. The number of nitrogens with zero attached hydrogens (tertiary/aromatic N) is 2. The standard InChI is InChI=1S/C13H16N2O2/c1-10(15(16)17)8-11-5-6-13-12(9-11)4-3-7-14(13)2/h5-6,8-9H,3-4,7H2,1-2H3. The largest absolute Gasteiger partial charge is 0.374 e. The van der Waals surface area contributed by atoms with Gasteiger partial charge in [-0.3, -0.25) is 10.1 Å². The second kappa shape index (κ2) is 4.57. The Labute approximate surface area is 101 Å². The predicted octanol–water partition coefficient (Wildman–Crippen LogP) is 2.71. The summed E-state index contributed by atoms with van der Waals surface area (Å²) in [7, 11) is 2.08. The molecule has 1 heterocycles. The predicted molar refractivity (Wildman–Crippen MR) is 68.7 cm³/mol. The van der Waals surface area contributed by atoms with Crippen molar-refractivity contribution >= 4 is 11.8 Å². The number of nitro groups is 1. The molecule has 0 saturated carbocycles. The molecule has 1 aliphatic heterocycles. The number of hydrogen-bond donors (Lipinski definition) is 0. The first kappa shape index (κ1) is 11.6. The summed E-state index contributed by atoms with van der Waals surface area (Å²) in [6.45, 7) is 2.60. The van der Waals surface area contributed by atoms with Gasteiger partial charge in [-0.05, 0) is 36.1 Å². The smallest absolute Gasteiger partial charge is 0.243 e. The van der Waals surface area contributed by atoms with E-state index in [0.717, 1.165) is 24.9 Å². The summed E-state index contributed by atoms with van der Waals surface area (Å²) in [5.41, 5.74) is 3.61. The van der Waals surface area contributed by atoms with Gasteiger partial charge in [0.25, 0.3) is 0 Å². The maximum Gasteiger partial charge on any atom is 0.243 e. The third-order valence-corrected chi connectivity index (χ3v) is 3.12. The zero-order chi connectivity index (χ0) is 12.4. The van der Waals surface area contributed by atoms with Crippen molar-refractivity contribution in [3.05, 3.63) is 45.1 Å². The molecule has 17 heavy (non-hydrogen) atoms. The first-order valence-corrected chi connectivity index (χ1v) is 5.74. The van der Waals surface area contributed by atoms with E-state index >= 15 is 0 Å². The summed E-state index contributed by atoms with van der Waals surface area (Å²) in [6, 6.07) is 6.04. The molecule has 0 bridgehead atoms. The maximum atomic E-state index is 10.6. The molecule has 0 aromatic heterocycles. The number of allylic oxidation sites excluding steroid dienone is 1. The van der Waals surface area contributed by atoms with Crippen LogP contribution in [-0.4, -0.2) is 18.5 Å². The molecule has 0 saturated heterocycles. The summed E-state index contributed by atoms with van der Waals surface area (Å²) in [5, 5.41) is 10.6. The van der Waals surface area contributed by atoms with E-state index in [1.165, 1.54) is 18.2 Å². The minimum atomic E-state index is -0.356. The van der Waals surface area contributed by atoms with Gasteiger partial charge in [0.05, 0.1) is 4.92 Å². The molecule has 1 aliphatic rings. The van der Waals surface area contributed by atoms with Gasteiger partial charge in [-0.15, -0.1) is 0 Å². The van der Waals surface area contributed by atoms with Crippen LogP contribution in [-0.2, 0) is 6.42 Å². The van der Waals surface area contributed by atoms with Gasteiger partial charge in [0.2, 0.25) is 5.70 Å². The van der Waals surface area contributed by atoms with Gasteiger partial charge in [-0.2, -0.15) is 0 Å². The first-order chi connectivity index (χ1) is 8.08. The van der Waals surface area contributed by atoms with E-state index in [-0.39, 0.29) is 10.6 Å². The van der Waals surface area contributed by atoms with Crippen molar-refractivity contribution in [2.24, 2.45) is 0 Å². The Morgan fingerprint density at radius 1 is 1.53 bits per heavy atom. The zero-order valence-electron chi connectivity index (χ0n) is 10.1. The highest BCUT2D eigenvalue weighted by atomic mass is 16.6. The molecule has 2 rings (SSSR count). The fourth-order valence-electron chi connectivity index (χ4n) is 2.19. The van der Waals surface area contributed by atoms with Crippen LogP contribution < -0.4 is 4.90 Å². The minimum Gasteiger partial charge on any atom is -0.374 e. The van der Waals surface area contributed by atoms with Crippen molar-refractivity contribution in [3.63, 3.8) is 0 Å². The first-order valence-electron chi connectivity index (χ1n) is 5.74. The van der Waals surface area contributed by atoms with Crippen LogP contribution in [0.25, 0.3) is 6.08 Å². The van der Waals surface area contributed by atoms with Crippen LogP contribution in [0.1, 0.15) is 24.5 Å². The Balaban J connectivity index is 2.34. The van der Waals surface area contributed by atoms with Crippen molar-refractivity contribution in [1.29, 1.82) is 0 Å². The lowest BCUT2D eigenvalue weighted by molar-refractivity contribution is -0.422. The van der Waals surface area contributed by atoms with E-state index < -0.39 is 0 Å². The molecule has 0 amide bonds. The van der Waals surface area contributed by atoms with Gasteiger partial charge in [-0.25, -0.2) is 0 Å². The van der Waals surface area contributed by atoms with Gasteiger partial charge in [0, 0.05) is 32.3 Å². The summed E-state index contributed by atoms with van der Waals surface area (Å²) >= 11 is 0. The monoisotopic (exact) mass is 232 g/mol. The lowest BCUT2D eigenvalue weighted by Crippen LogP contribution is -2.24. The lowest BCUT2D eigenvalue weighted by atomic mass is 9.99. The van der Waals surface area contributed by atoms with Crippen LogP contribution in [0, 0.1) is 10.1 Å². The molecule has 90 valence electrons. The summed E-state index contributed by atoms with van der Waals surface area (Å²) in [6.07, 6.45) is 3.82. The Hall–Kier alpha value is -1.84. The Kier molecular flexibility index (Phi) is 3.13. The van der Waals surface area contributed by atoms with E-state index in [9.17, 15) is 10.1 Å². The van der Waals surface area contributed by atoms with E-state index in [0.29, 0.717) is 0 Å². The molecule has 4 heteroatoms. The molecule has 4 nitrogen and oxygen atoms in total. The summed E-state index contributed by atoms with van der Waals surface area (Å²) < 4.78 is 0. The Morgan fingerprint density at radius 2 is 2.29 bits per heavy atom. The maximum absolute atomic E-state index is 10.6. The normalized spacial score (nSPS) is 15.6. The summed E-state index contributed by atoms with van der Waals surface area (Å²) in [5.74, 6) is 0. The van der Waals surface area contributed by atoms with Gasteiger partial charge in [-0.1, -0.05) is 6.07 Å². The Morgan fingerprint density at radius 3 is 3.00 bits per heavy atom. The Bertz CT molecular complexity index is 480. The van der Waals surface area contributed by atoms with Crippen LogP contribution in [0.4, 0.5) is 5.69 Å². The highest BCUT2D eigenvalue weighted by Crippen LogP contribution is 2.27. The lowest BCUT2D eigenvalue weighted by Gasteiger charge is -2.27. The van der Waals surface area contributed by atoms with Crippen molar-refractivity contribution < 1.29 is 4.92 Å².